The highest BCUT2D eigenvalue weighted by molar-refractivity contribution is 5.90. The standard InChI is InChI=1S/C23H20F3NO8/c1-13(28)33-21-18(35-20(30)15-10-6-3-7-11-15)17(27-22(31)23(24,25)26)16(34-21)12-32-19(29)14-8-4-2-5-9-14/h2-11,16-18,21H,12H2,1H3,(H,27,31)/t16-,17-,18-,21-/m1/s1. The third-order valence-corrected chi connectivity index (χ3v) is 4.81. The van der Waals surface area contributed by atoms with Crippen molar-refractivity contribution in [3.63, 3.8) is 0 Å². The summed E-state index contributed by atoms with van der Waals surface area (Å²) in [5, 5.41) is 1.69. The topological polar surface area (TPSA) is 117 Å². The molecule has 0 aliphatic carbocycles. The third-order valence-electron chi connectivity index (χ3n) is 4.81. The average molecular weight is 495 g/mol. The van der Waals surface area contributed by atoms with Gasteiger partial charge in [-0.15, -0.1) is 0 Å². The minimum atomic E-state index is -5.28. The molecule has 0 aromatic heterocycles. The lowest BCUT2D eigenvalue weighted by molar-refractivity contribution is -0.187. The van der Waals surface area contributed by atoms with Crippen LogP contribution in [0.25, 0.3) is 0 Å². The Bertz CT molecular complexity index is 1060. The van der Waals surface area contributed by atoms with Crippen molar-refractivity contribution in [1.29, 1.82) is 0 Å². The van der Waals surface area contributed by atoms with Crippen molar-refractivity contribution in [1.82, 2.24) is 5.32 Å². The van der Waals surface area contributed by atoms with Gasteiger partial charge in [0.25, 0.3) is 0 Å². The molecule has 3 rings (SSSR count). The molecule has 186 valence electrons. The molecule has 1 aliphatic heterocycles. The second kappa shape index (κ2) is 11.0. The van der Waals surface area contributed by atoms with E-state index in [0.29, 0.717) is 0 Å². The number of alkyl halides is 3. The van der Waals surface area contributed by atoms with Gasteiger partial charge in [0.2, 0.25) is 6.29 Å². The summed E-state index contributed by atoms with van der Waals surface area (Å²) in [6, 6.07) is 13.5. The van der Waals surface area contributed by atoms with Gasteiger partial charge in [-0.1, -0.05) is 36.4 Å². The van der Waals surface area contributed by atoms with Gasteiger partial charge in [0.1, 0.15) is 18.8 Å². The first kappa shape index (κ1) is 25.7. The lowest BCUT2D eigenvalue weighted by Gasteiger charge is -2.25. The molecule has 0 bridgehead atoms. The molecule has 12 heteroatoms. The lowest BCUT2D eigenvalue weighted by Crippen LogP contribution is -2.54. The zero-order valence-electron chi connectivity index (χ0n) is 18.2. The number of rotatable bonds is 7. The molecule has 0 radical (unpaired) electrons. The Hall–Kier alpha value is -3.93. The number of hydrogen-bond acceptors (Lipinski definition) is 8. The summed E-state index contributed by atoms with van der Waals surface area (Å²) in [5.74, 6) is -5.03. The van der Waals surface area contributed by atoms with Crippen LogP contribution in [0.2, 0.25) is 0 Å². The molecule has 1 heterocycles. The van der Waals surface area contributed by atoms with E-state index in [1.807, 2.05) is 0 Å². The van der Waals surface area contributed by atoms with Crippen LogP contribution in [-0.4, -0.2) is 61.1 Å². The van der Waals surface area contributed by atoms with Crippen molar-refractivity contribution in [2.75, 3.05) is 6.61 Å². The maximum Gasteiger partial charge on any atom is 0.471 e. The van der Waals surface area contributed by atoms with E-state index in [0.717, 1.165) is 6.92 Å². The van der Waals surface area contributed by atoms with Crippen molar-refractivity contribution in [2.24, 2.45) is 0 Å². The van der Waals surface area contributed by atoms with Crippen LogP contribution in [0.1, 0.15) is 27.6 Å². The van der Waals surface area contributed by atoms with Gasteiger partial charge in [-0.25, -0.2) is 9.59 Å². The molecule has 0 unspecified atom stereocenters. The molecule has 0 spiro atoms. The van der Waals surface area contributed by atoms with Crippen LogP contribution in [0.15, 0.2) is 60.7 Å². The van der Waals surface area contributed by atoms with Crippen LogP contribution in [0.5, 0.6) is 0 Å². The number of benzene rings is 2. The maximum atomic E-state index is 13.0. The predicted octanol–water partition coefficient (Wildman–Crippen LogP) is 2.40. The molecular weight excluding hydrogens is 475 g/mol. The van der Waals surface area contributed by atoms with E-state index >= 15 is 0 Å². The quantitative estimate of drug-likeness (QED) is 0.460. The van der Waals surface area contributed by atoms with Gasteiger partial charge in [-0.3, -0.25) is 9.59 Å². The summed E-state index contributed by atoms with van der Waals surface area (Å²) in [7, 11) is 0. The van der Waals surface area contributed by atoms with E-state index in [-0.39, 0.29) is 11.1 Å². The highest BCUT2D eigenvalue weighted by atomic mass is 19.4. The monoisotopic (exact) mass is 495 g/mol. The summed E-state index contributed by atoms with van der Waals surface area (Å²) in [6.07, 6.45) is -10.1. The molecule has 0 saturated carbocycles. The number of carbonyl (C=O) groups is 4. The Morgan fingerprint density at radius 3 is 1.94 bits per heavy atom. The molecule has 2 aromatic rings. The summed E-state index contributed by atoms with van der Waals surface area (Å²) in [5.41, 5.74) is 0.207. The minimum Gasteiger partial charge on any atom is -0.459 e. The molecule has 4 atom stereocenters. The fourth-order valence-electron chi connectivity index (χ4n) is 3.23. The van der Waals surface area contributed by atoms with Gasteiger partial charge in [0.15, 0.2) is 6.10 Å². The highest BCUT2D eigenvalue weighted by Gasteiger charge is 2.53. The van der Waals surface area contributed by atoms with Crippen LogP contribution in [0.4, 0.5) is 13.2 Å². The minimum absolute atomic E-state index is 0.0499. The SMILES string of the molecule is CC(=O)O[C@@H]1O[C@H](COC(=O)c2ccccc2)[C@@H](NC(=O)C(F)(F)F)[C@H]1OC(=O)c1ccccc1. The predicted molar refractivity (Wildman–Crippen MR) is 111 cm³/mol. The Labute approximate surface area is 197 Å². The first-order chi connectivity index (χ1) is 16.6. The molecular formula is C23H20F3NO8. The van der Waals surface area contributed by atoms with E-state index in [1.54, 1.807) is 29.6 Å². The fraction of sp³-hybridized carbons (Fsp3) is 0.304. The smallest absolute Gasteiger partial charge is 0.459 e. The zero-order valence-corrected chi connectivity index (χ0v) is 18.2. The van der Waals surface area contributed by atoms with Gasteiger partial charge in [-0.05, 0) is 24.3 Å². The van der Waals surface area contributed by atoms with Crippen LogP contribution in [-0.2, 0) is 28.5 Å². The zero-order chi connectivity index (χ0) is 25.6. The molecule has 1 aliphatic rings. The van der Waals surface area contributed by atoms with Gasteiger partial charge in [-0.2, -0.15) is 13.2 Å². The van der Waals surface area contributed by atoms with Crippen LogP contribution in [0.3, 0.4) is 0 Å². The molecule has 35 heavy (non-hydrogen) atoms. The van der Waals surface area contributed by atoms with E-state index < -0.39 is 61.1 Å². The maximum absolute atomic E-state index is 13.0. The fourth-order valence-corrected chi connectivity index (χ4v) is 3.23. The first-order valence-electron chi connectivity index (χ1n) is 10.2. The first-order valence-corrected chi connectivity index (χ1v) is 10.2. The third kappa shape index (κ3) is 6.79. The van der Waals surface area contributed by atoms with E-state index in [4.69, 9.17) is 18.9 Å². The Morgan fingerprint density at radius 2 is 1.43 bits per heavy atom. The van der Waals surface area contributed by atoms with Crippen molar-refractivity contribution in [3.05, 3.63) is 71.8 Å². The van der Waals surface area contributed by atoms with E-state index in [9.17, 15) is 32.3 Å². The molecule has 9 nitrogen and oxygen atoms in total. The number of hydrogen-bond donors (Lipinski definition) is 1. The second-order valence-corrected chi connectivity index (χ2v) is 7.35. The Morgan fingerprint density at radius 1 is 0.886 bits per heavy atom. The average Bonchev–Trinajstić information content (AvgIpc) is 3.12. The largest absolute Gasteiger partial charge is 0.471 e. The molecule has 1 fully saturated rings. The van der Waals surface area contributed by atoms with Gasteiger partial charge in [0.05, 0.1) is 11.1 Å². The highest BCUT2D eigenvalue weighted by Crippen LogP contribution is 2.28. The second-order valence-electron chi connectivity index (χ2n) is 7.35. The number of nitrogens with one attached hydrogen (secondary N) is 1. The van der Waals surface area contributed by atoms with Crippen molar-refractivity contribution < 1.29 is 51.3 Å². The van der Waals surface area contributed by atoms with Crippen molar-refractivity contribution >= 4 is 23.8 Å². The number of amides is 1. The molecule has 1 amide bonds. The number of halogens is 3. The molecule has 2 aromatic carbocycles. The van der Waals surface area contributed by atoms with Crippen LogP contribution >= 0.6 is 0 Å². The Kier molecular flexibility index (Phi) is 8.07. The Balaban J connectivity index is 1.85. The van der Waals surface area contributed by atoms with Gasteiger partial charge < -0.3 is 24.3 Å². The normalized spacial score (nSPS) is 21.6. The van der Waals surface area contributed by atoms with Gasteiger partial charge >= 0.3 is 30.0 Å². The van der Waals surface area contributed by atoms with Crippen LogP contribution in [0, 0.1) is 0 Å². The summed E-state index contributed by atoms with van der Waals surface area (Å²) in [6.45, 7) is 0.360. The summed E-state index contributed by atoms with van der Waals surface area (Å²) < 4.78 is 59.8. The van der Waals surface area contributed by atoms with Crippen molar-refractivity contribution in [2.45, 2.75) is 37.6 Å². The van der Waals surface area contributed by atoms with Gasteiger partial charge in [0, 0.05) is 6.92 Å². The lowest BCUT2D eigenvalue weighted by atomic mass is 10.1. The van der Waals surface area contributed by atoms with E-state index in [2.05, 4.69) is 0 Å². The molecule has 1 saturated heterocycles. The number of carbonyl (C=O) groups excluding carboxylic acids is 4. The number of ether oxygens (including phenoxy) is 4. The summed E-state index contributed by atoms with van der Waals surface area (Å²) in [4.78, 5) is 48.1. The number of esters is 3. The summed E-state index contributed by atoms with van der Waals surface area (Å²) >= 11 is 0. The van der Waals surface area contributed by atoms with Crippen molar-refractivity contribution in [3.8, 4) is 0 Å². The van der Waals surface area contributed by atoms with Crippen LogP contribution < -0.4 is 5.32 Å². The molecule has 1 N–H and O–H groups in total. The van der Waals surface area contributed by atoms with E-state index in [1.165, 1.54) is 36.4 Å².